The summed E-state index contributed by atoms with van der Waals surface area (Å²) in [6, 6.07) is 19.0. The molecule has 1 aromatic heterocycles. The number of hydrogen-bond acceptors (Lipinski definition) is 7. The Bertz CT molecular complexity index is 1260. The number of carbonyl (C=O) groups is 1. The second-order valence-electron chi connectivity index (χ2n) is 9.25. The molecule has 0 bridgehead atoms. The third kappa shape index (κ3) is 6.58. The minimum absolute atomic E-state index is 0.294. The number of hydrogen-bond donors (Lipinski definition) is 5. The molecule has 2 aromatic carbocycles. The number of anilines is 3. The van der Waals surface area contributed by atoms with Crippen molar-refractivity contribution in [2.75, 3.05) is 35.3 Å². The highest BCUT2D eigenvalue weighted by Gasteiger charge is 2.24. The zero-order valence-corrected chi connectivity index (χ0v) is 21.9. The minimum Gasteiger partial charge on any atom is -0.381 e. The van der Waals surface area contributed by atoms with E-state index in [1.807, 2.05) is 67.6 Å². The first-order chi connectivity index (χ1) is 18.5. The number of ether oxygens (including phenoxy) is 1. The standard InChI is InChI=1S/C28H36N8O2/c1-3-14-36(22-12-15-38-16-13-22)26-18-21(32-28(37)31-20-10-8-19(2)9-11-20)17-25(33-26)23-6-4-5-7-24(23)27(34-29)35-30/h4-11,17-18,22H,3,12-16,29-30H2,1-2H3,(H,34,35)(H2,31,32,33,37). The third-order valence-electron chi connectivity index (χ3n) is 6.49. The smallest absolute Gasteiger partial charge is 0.323 e. The molecule has 0 aliphatic carbocycles. The molecule has 0 saturated carbocycles. The number of hydrazine groups is 1. The Balaban J connectivity index is 1.74. The van der Waals surface area contributed by atoms with Crippen molar-refractivity contribution in [2.24, 2.45) is 16.8 Å². The number of nitrogens with one attached hydrogen (secondary N) is 3. The number of aromatic nitrogens is 1. The second kappa shape index (κ2) is 12.9. The number of urea groups is 1. The Kier molecular flexibility index (Phi) is 9.12. The highest BCUT2D eigenvalue weighted by atomic mass is 16.5. The van der Waals surface area contributed by atoms with Gasteiger partial charge < -0.3 is 31.5 Å². The normalized spacial score (nSPS) is 14.1. The summed E-state index contributed by atoms with van der Waals surface area (Å²) in [5, 5.41) is 9.69. The van der Waals surface area contributed by atoms with E-state index in [1.165, 1.54) is 0 Å². The van der Waals surface area contributed by atoms with Gasteiger partial charge in [0.05, 0.1) is 5.69 Å². The summed E-state index contributed by atoms with van der Waals surface area (Å²) in [5.74, 6) is 12.4. The molecule has 10 heteroatoms. The Morgan fingerprint density at radius 2 is 1.79 bits per heavy atom. The van der Waals surface area contributed by atoms with Crippen molar-refractivity contribution < 1.29 is 9.53 Å². The van der Waals surface area contributed by atoms with E-state index in [-0.39, 0.29) is 6.03 Å². The average molecular weight is 517 g/mol. The van der Waals surface area contributed by atoms with Crippen LogP contribution in [0.1, 0.15) is 37.3 Å². The molecule has 200 valence electrons. The Morgan fingerprint density at radius 1 is 1.08 bits per heavy atom. The van der Waals surface area contributed by atoms with Gasteiger partial charge >= 0.3 is 6.03 Å². The first-order valence-electron chi connectivity index (χ1n) is 12.9. The van der Waals surface area contributed by atoms with Gasteiger partial charge in [-0.25, -0.2) is 15.6 Å². The maximum Gasteiger partial charge on any atom is 0.323 e. The first kappa shape index (κ1) is 26.9. The third-order valence-corrected chi connectivity index (χ3v) is 6.49. The molecule has 1 aliphatic heterocycles. The van der Waals surface area contributed by atoms with Gasteiger partial charge in [0.2, 0.25) is 0 Å². The molecule has 2 heterocycles. The maximum absolute atomic E-state index is 13.0. The highest BCUT2D eigenvalue weighted by molar-refractivity contribution is 6.04. The van der Waals surface area contributed by atoms with Crippen molar-refractivity contribution in [2.45, 2.75) is 39.2 Å². The SMILES string of the molecule is CCCN(c1cc(NC(=O)Nc2ccc(C)cc2)cc(-c2ccccc2/C(=N/N)NN)n1)C1CCOCC1. The number of benzene rings is 2. The number of hydrazone groups is 1. The molecule has 1 saturated heterocycles. The van der Waals surface area contributed by atoms with E-state index in [0.717, 1.165) is 56.0 Å². The van der Waals surface area contributed by atoms with Gasteiger partial charge in [-0.2, -0.15) is 5.10 Å². The molecule has 2 amide bonds. The van der Waals surface area contributed by atoms with E-state index in [4.69, 9.17) is 21.4 Å². The summed E-state index contributed by atoms with van der Waals surface area (Å²) in [5.41, 5.74) is 7.14. The molecule has 0 spiro atoms. The number of amidine groups is 1. The monoisotopic (exact) mass is 516 g/mol. The minimum atomic E-state index is -0.341. The predicted octanol–water partition coefficient (Wildman–Crippen LogP) is 4.18. The van der Waals surface area contributed by atoms with Crippen LogP contribution in [0, 0.1) is 6.92 Å². The van der Waals surface area contributed by atoms with Crippen molar-refractivity contribution in [1.29, 1.82) is 0 Å². The van der Waals surface area contributed by atoms with Crippen LogP contribution in [0.2, 0.25) is 0 Å². The van der Waals surface area contributed by atoms with Crippen LogP contribution in [0.3, 0.4) is 0 Å². The molecule has 0 radical (unpaired) electrons. The molecular formula is C28H36N8O2. The van der Waals surface area contributed by atoms with Crippen LogP contribution in [0.15, 0.2) is 65.8 Å². The van der Waals surface area contributed by atoms with Gasteiger partial charge in [0.15, 0.2) is 5.84 Å². The van der Waals surface area contributed by atoms with Crippen LogP contribution in [-0.4, -0.2) is 42.7 Å². The summed E-state index contributed by atoms with van der Waals surface area (Å²) in [4.78, 5) is 20.3. The summed E-state index contributed by atoms with van der Waals surface area (Å²) in [6.45, 7) is 6.42. The lowest BCUT2D eigenvalue weighted by Crippen LogP contribution is -2.40. The lowest BCUT2D eigenvalue weighted by molar-refractivity contribution is 0.0843. The van der Waals surface area contributed by atoms with Crippen LogP contribution in [0.5, 0.6) is 0 Å². The molecule has 4 rings (SSSR count). The van der Waals surface area contributed by atoms with E-state index < -0.39 is 0 Å². The Morgan fingerprint density at radius 3 is 2.47 bits per heavy atom. The van der Waals surface area contributed by atoms with Crippen LogP contribution in [0.25, 0.3) is 11.3 Å². The van der Waals surface area contributed by atoms with E-state index in [9.17, 15) is 4.79 Å². The number of carbonyl (C=O) groups excluding carboxylic acids is 1. The first-order valence-corrected chi connectivity index (χ1v) is 12.9. The summed E-state index contributed by atoms with van der Waals surface area (Å²) < 4.78 is 5.61. The number of nitrogens with two attached hydrogens (primary N) is 2. The fourth-order valence-corrected chi connectivity index (χ4v) is 4.62. The molecule has 3 aromatic rings. The lowest BCUT2D eigenvalue weighted by atomic mass is 10.0. The largest absolute Gasteiger partial charge is 0.381 e. The molecule has 10 nitrogen and oxygen atoms in total. The van der Waals surface area contributed by atoms with Crippen molar-refractivity contribution in [3.05, 3.63) is 71.8 Å². The fourth-order valence-electron chi connectivity index (χ4n) is 4.62. The summed E-state index contributed by atoms with van der Waals surface area (Å²) >= 11 is 0. The van der Waals surface area contributed by atoms with Gasteiger partial charge in [-0.3, -0.25) is 0 Å². The zero-order chi connectivity index (χ0) is 26.9. The quantitative estimate of drug-likeness (QED) is 0.131. The van der Waals surface area contributed by atoms with Gasteiger partial charge in [-0.15, -0.1) is 0 Å². The molecule has 38 heavy (non-hydrogen) atoms. The fraction of sp³-hybridized carbons (Fsp3) is 0.321. The molecule has 1 fully saturated rings. The lowest BCUT2D eigenvalue weighted by Gasteiger charge is -2.35. The molecular weight excluding hydrogens is 480 g/mol. The number of aryl methyl sites for hydroxylation is 1. The van der Waals surface area contributed by atoms with Gasteiger partial charge in [0, 0.05) is 54.4 Å². The highest BCUT2D eigenvalue weighted by Crippen LogP contribution is 2.31. The Labute approximate surface area is 223 Å². The van der Waals surface area contributed by atoms with Gasteiger partial charge in [-0.1, -0.05) is 48.9 Å². The van der Waals surface area contributed by atoms with Crippen LogP contribution >= 0.6 is 0 Å². The Hall–Kier alpha value is -4.15. The number of pyridine rings is 1. The van der Waals surface area contributed by atoms with Crippen LogP contribution < -0.4 is 32.6 Å². The summed E-state index contributed by atoms with van der Waals surface area (Å²) in [7, 11) is 0. The maximum atomic E-state index is 13.0. The molecule has 0 unspecified atom stereocenters. The average Bonchev–Trinajstić information content (AvgIpc) is 2.94. The molecule has 1 aliphatic rings. The number of nitrogens with zero attached hydrogens (tertiary/aromatic N) is 3. The van der Waals surface area contributed by atoms with E-state index in [2.05, 4.69) is 33.0 Å². The van der Waals surface area contributed by atoms with Gasteiger partial charge in [-0.05, 0) is 44.4 Å². The topological polar surface area (TPSA) is 143 Å². The van der Waals surface area contributed by atoms with Crippen molar-refractivity contribution in [3.63, 3.8) is 0 Å². The van der Waals surface area contributed by atoms with Gasteiger partial charge in [0.1, 0.15) is 5.82 Å². The second-order valence-corrected chi connectivity index (χ2v) is 9.25. The zero-order valence-electron chi connectivity index (χ0n) is 21.9. The van der Waals surface area contributed by atoms with E-state index >= 15 is 0 Å². The van der Waals surface area contributed by atoms with Crippen molar-refractivity contribution in [1.82, 2.24) is 10.4 Å². The van der Waals surface area contributed by atoms with Crippen LogP contribution in [0.4, 0.5) is 22.0 Å². The molecule has 0 atom stereocenters. The summed E-state index contributed by atoms with van der Waals surface area (Å²) in [6.07, 6.45) is 2.79. The van der Waals surface area contributed by atoms with Crippen molar-refractivity contribution >= 4 is 29.1 Å². The van der Waals surface area contributed by atoms with Crippen LogP contribution in [-0.2, 0) is 4.74 Å². The van der Waals surface area contributed by atoms with Crippen molar-refractivity contribution in [3.8, 4) is 11.3 Å². The number of amides is 2. The van der Waals surface area contributed by atoms with E-state index in [1.54, 1.807) is 0 Å². The molecule has 7 N–H and O–H groups in total. The predicted molar refractivity (Wildman–Crippen MR) is 153 cm³/mol. The van der Waals surface area contributed by atoms with Gasteiger partial charge in [0.25, 0.3) is 0 Å². The van der Waals surface area contributed by atoms with E-state index in [0.29, 0.717) is 34.5 Å². The number of rotatable bonds is 8.